The lowest BCUT2D eigenvalue weighted by molar-refractivity contribution is 0.600. The third-order valence-corrected chi connectivity index (χ3v) is 12.8. The smallest absolute Gasteiger partial charge is 0.175 e. The summed E-state index contributed by atoms with van der Waals surface area (Å²) in [6, 6.07) is 22.6. The second-order valence-electron chi connectivity index (χ2n) is 9.76. The second kappa shape index (κ2) is 11.9. The number of hydrogen-bond donors (Lipinski definition) is 2. The topological polar surface area (TPSA) is 120 Å². The molecule has 0 saturated heterocycles. The predicted octanol–water partition coefficient (Wildman–Crippen LogP) is 6.35. The molecule has 0 bridgehead atoms. The van der Waals surface area contributed by atoms with Crippen molar-refractivity contribution in [1.82, 2.24) is 0 Å². The van der Waals surface area contributed by atoms with Crippen molar-refractivity contribution in [2.24, 2.45) is 11.5 Å². The molecule has 0 aliphatic carbocycles. The largest absolute Gasteiger partial charge is 0.330 e. The standard InChI is InChI=1S/C30H30N2O4S5/c1-40(33,34)23-7-3-19(4-8-23)27-17-21(13-15-31)29(38-27)25-11-12-26(37-25)30-22(14-16-32)18-28(39-30)20-5-9-24(10-6-20)41(2,35)36/h3-12,17-18H,13-16,31-32H2,1-2H3. The number of benzene rings is 2. The van der Waals surface area contributed by atoms with Gasteiger partial charge in [-0.1, -0.05) is 24.3 Å². The van der Waals surface area contributed by atoms with Crippen LogP contribution in [0.15, 0.2) is 82.6 Å². The summed E-state index contributed by atoms with van der Waals surface area (Å²) in [5.74, 6) is 0. The first-order valence-corrected chi connectivity index (χ1v) is 19.1. The number of thiophene rings is 3. The summed E-state index contributed by atoms with van der Waals surface area (Å²) in [6.45, 7) is 1.06. The second-order valence-corrected chi connectivity index (χ2v) is 17.0. The van der Waals surface area contributed by atoms with E-state index in [1.165, 1.54) is 33.4 Å². The van der Waals surface area contributed by atoms with Crippen molar-refractivity contribution in [1.29, 1.82) is 0 Å². The van der Waals surface area contributed by atoms with E-state index in [2.05, 4.69) is 24.3 Å². The highest BCUT2D eigenvalue weighted by Gasteiger charge is 2.19. The molecule has 6 nitrogen and oxygen atoms in total. The van der Waals surface area contributed by atoms with Crippen LogP contribution in [-0.2, 0) is 32.5 Å². The summed E-state index contributed by atoms with van der Waals surface area (Å²) < 4.78 is 47.5. The van der Waals surface area contributed by atoms with Gasteiger partial charge in [-0.2, -0.15) is 0 Å². The van der Waals surface area contributed by atoms with E-state index in [0.29, 0.717) is 22.9 Å². The van der Waals surface area contributed by atoms with Crippen molar-refractivity contribution in [3.05, 3.63) is 83.9 Å². The number of rotatable bonds is 10. The van der Waals surface area contributed by atoms with Gasteiger partial charge in [-0.25, -0.2) is 16.8 Å². The van der Waals surface area contributed by atoms with E-state index in [4.69, 9.17) is 11.5 Å². The van der Waals surface area contributed by atoms with Crippen LogP contribution in [0.1, 0.15) is 11.1 Å². The number of nitrogens with two attached hydrogens (primary N) is 2. The van der Waals surface area contributed by atoms with E-state index < -0.39 is 19.7 Å². The van der Waals surface area contributed by atoms with Crippen LogP contribution in [0.5, 0.6) is 0 Å². The van der Waals surface area contributed by atoms with E-state index in [1.54, 1.807) is 58.3 Å². The van der Waals surface area contributed by atoms with Crippen molar-refractivity contribution >= 4 is 53.7 Å². The number of hydrogen-bond acceptors (Lipinski definition) is 9. The molecule has 11 heteroatoms. The van der Waals surface area contributed by atoms with Crippen molar-refractivity contribution in [3.8, 4) is 40.4 Å². The summed E-state index contributed by atoms with van der Waals surface area (Å²) in [7, 11) is -6.51. The van der Waals surface area contributed by atoms with Gasteiger partial charge in [0, 0.05) is 41.8 Å². The van der Waals surface area contributed by atoms with Crippen molar-refractivity contribution in [2.45, 2.75) is 22.6 Å². The Bertz CT molecular complexity index is 1760. The van der Waals surface area contributed by atoms with Gasteiger partial charge in [0.1, 0.15) is 0 Å². The van der Waals surface area contributed by atoms with Crippen LogP contribution < -0.4 is 11.5 Å². The highest BCUT2D eigenvalue weighted by molar-refractivity contribution is 7.91. The first-order valence-electron chi connectivity index (χ1n) is 12.8. The van der Waals surface area contributed by atoms with E-state index in [0.717, 1.165) is 43.5 Å². The molecule has 41 heavy (non-hydrogen) atoms. The minimum Gasteiger partial charge on any atom is -0.330 e. The fraction of sp³-hybridized carbons (Fsp3) is 0.200. The molecule has 5 aromatic rings. The average Bonchev–Trinajstić information content (AvgIpc) is 3.67. The van der Waals surface area contributed by atoms with Gasteiger partial charge in [-0.05, 0) is 96.7 Å². The Labute approximate surface area is 253 Å². The maximum atomic E-state index is 11.9. The molecule has 0 radical (unpaired) electrons. The fourth-order valence-electron chi connectivity index (χ4n) is 4.56. The lowest BCUT2D eigenvalue weighted by Crippen LogP contribution is -2.02. The monoisotopic (exact) mass is 642 g/mol. The first-order chi connectivity index (χ1) is 19.5. The Morgan fingerprint density at radius 1 is 0.537 bits per heavy atom. The minimum absolute atomic E-state index is 0.304. The van der Waals surface area contributed by atoms with Crippen LogP contribution in [0.25, 0.3) is 40.4 Å². The molecule has 0 unspecified atom stereocenters. The molecule has 0 atom stereocenters. The molecule has 0 spiro atoms. The molecule has 0 fully saturated rings. The summed E-state index contributed by atoms with van der Waals surface area (Å²) in [5, 5.41) is 0. The quantitative estimate of drug-likeness (QED) is 0.183. The molecule has 0 aliphatic rings. The van der Waals surface area contributed by atoms with Gasteiger partial charge in [0.05, 0.1) is 9.79 Å². The summed E-state index contributed by atoms with van der Waals surface area (Å²) in [5.41, 5.74) is 16.2. The molecule has 0 aliphatic heterocycles. The van der Waals surface area contributed by atoms with Crippen molar-refractivity contribution in [2.75, 3.05) is 25.6 Å². The Hall–Kier alpha value is -2.64. The molecule has 0 amide bonds. The van der Waals surface area contributed by atoms with Gasteiger partial charge >= 0.3 is 0 Å². The zero-order valence-electron chi connectivity index (χ0n) is 22.6. The predicted molar refractivity (Wildman–Crippen MR) is 174 cm³/mol. The lowest BCUT2D eigenvalue weighted by atomic mass is 10.1. The Kier molecular flexibility index (Phi) is 8.68. The van der Waals surface area contributed by atoms with E-state index in [9.17, 15) is 16.8 Å². The summed E-state index contributed by atoms with van der Waals surface area (Å²) >= 11 is 5.10. The van der Waals surface area contributed by atoms with Crippen molar-refractivity contribution < 1.29 is 16.8 Å². The van der Waals surface area contributed by atoms with Crippen LogP contribution in [-0.4, -0.2) is 42.4 Å². The van der Waals surface area contributed by atoms with Crippen LogP contribution >= 0.6 is 34.0 Å². The Balaban J connectivity index is 1.50. The minimum atomic E-state index is -3.25. The highest BCUT2D eigenvalue weighted by atomic mass is 32.2. The number of sulfone groups is 2. The maximum Gasteiger partial charge on any atom is 0.175 e. The molecule has 4 N–H and O–H groups in total. The summed E-state index contributed by atoms with van der Waals surface area (Å²) in [6.07, 6.45) is 3.91. The van der Waals surface area contributed by atoms with Crippen LogP contribution in [0.3, 0.4) is 0 Å². The van der Waals surface area contributed by atoms with Gasteiger partial charge in [0.15, 0.2) is 19.7 Å². The Morgan fingerprint density at radius 3 is 1.22 bits per heavy atom. The lowest BCUT2D eigenvalue weighted by Gasteiger charge is -2.01. The molecule has 0 saturated carbocycles. The SMILES string of the molecule is CS(=O)(=O)c1ccc(-c2cc(CCN)c(-c3ccc(-c4sc(-c5ccc(S(C)(=O)=O)cc5)cc4CCN)s3)s2)cc1. The molecule has 3 aromatic heterocycles. The van der Waals surface area contributed by atoms with Gasteiger partial charge in [-0.3, -0.25) is 0 Å². The third-order valence-electron chi connectivity index (χ3n) is 6.63. The Morgan fingerprint density at radius 2 is 0.902 bits per heavy atom. The summed E-state index contributed by atoms with van der Waals surface area (Å²) in [4.78, 5) is 7.38. The molecule has 3 heterocycles. The fourth-order valence-corrected chi connectivity index (χ4v) is 9.55. The molecular weight excluding hydrogens is 613 g/mol. The maximum absolute atomic E-state index is 11.9. The van der Waals surface area contributed by atoms with Gasteiger partial charge < -0.3 is 11.5 Å². The normalized spacial score (nSPS) is 12.2. The van der Waals surface area contributed by atoms with Crippen LogP contribution in [0.4, 0.5) is 0 Å². The molecular formula is C30H30N2O4S5. The van der Waals surface area contributed by atoms with Gasteiger partial charge in [0.25, 0.3) is 0 Å². The van der Waals surface area contributed by atoms with E-state index in [-0.39, 0.29) is 0 Å². The average molecular weight is 643 g/mol. The van der Waals surface area contributed by atoms with Gasteiger partial charge in [0.2, 0.25) is 0 Å². The van der Waals surface area contributed by atoms with E-state index >= 15 is 0 Å². The van der Waals surface area contributed by atoms with E-state index in [1.807, 2.05) is 24.3 Å². The first kappa shape index (κ1) is 29.8. The van der Waals surface area contributed by atoms with Gasteiger partial charge in [-0.15, -0.1) is 34.0 Å². The zero-order chi connectivity index (χ0) is 29.4. The molecule has 2 aromatic carbocycles. The molecule has 214 valence electrons. The highest BCUT2D eigenvalue weighted by Crippen LogP contribution is 2.46. The van der Waals surface area contributed by atoms with Crippen LogP contribution in [0.2, 0.25) is 0 Å². The zero-order valence-corrected chi connectivity index (χ0v) is 26.7. The van der Waals surface area contributed by atoms with Crippen molar-refractivity contribution in [3.63, 3.8) is 0 Å². The van der Waals surface area contributed by atoms with Crippen LogP contribution in [0, 0.1) is 0 Å². The molecule has 5 rings (SSSR count). The third kappa shape index (κ3) is 6.56.